The first-order valence-corrected chi connectivity index (χ1v) is 10.6. The molecule has 0 aliphatic carbocycles. The molecule has 0 aromatic carbocycles. The van der Waals surface area contributed by atoms with Gasteiger partial charge in [0, 0.05) is 0 Å². The molecule has 3 saturated heterocycles. The van der Waals surface area contributed by atoms with Gasteiger partial charge in [-0.05, 0) is 0 Å². The maximum atomic E-state index is 10.3. The molecule has 14 atom stereocenters. The molecule has 3 aliphatic heterocycles. The maximum absolute atomic E-state index is 10.3. The van der Waals surface area contributed by atoms with Crippen molar-refractivity contribution in [2.24, 2.45) is 0 Å². The quantitative estimate of drug-likeness (QED) is 0.121. The van der Waals surface area contributed by atoms with Gasteiger partial charge < -0.3 is 113 Å². The maximum Gasteiger partial charge on any atom is 0.224 e. The van der Waals surface area contributed by atoms with E-state index in [9.17, 15) is 56.2 Å². The predicted octanol–water partition coefficient (Wildman–Crippen LogP) is -12.5. The highest BCUT2D eigenvalue weighted by atomic mass is 16.8. The van der Waals surface area contributed by atoms with Crippen LogP contribution in [0.1, 0.15) is 0 Å². The van der Waals surface area contributed by atoms with Crippen molar-refractivity contribution in [2.45, 2.75) is 85.5 Å². The van der Waals surface area contributed by atoms with Gasteiger partial charge in [-0.3, -0.25) is 0 Å². The second-order valence-electron chi connectivity index (χ2n) is 8.41. The van der Waals surface area contributed by atoms with Gasteiger partial charge in [0.25, 0.3) is 0 Å². The Morgan fingerprint density at radius 3 is 1.43 bits per heavy atom. The van der Waals surface area contributed by atoms with E-state index in [0.717, 1.165) is 0 Å². The van der Waals surface area contributed by atoms with Crippen molar-refractivity contribution in [3.05, 3.63) is 0 Å². The third-order valence-electron chi connectivity index (χ3n) is 6.16. The fraction of sp³-hybridized carbons (Fsp3) is 1.00. The average Bonchev–Trinajstić information content (AvgIpc) is 3.08. The SMILES string of the molecule is O.O.O.O.O.O.OC[C@H]1O[C@H](OC[C@H]2O[C@H](O[C@]3(CO)O[C@H](CO)[C@@H](O)[C@@H]3O)[C@H](O)[C@@H](O)[C@@H]2O)[C@H](O)[C@@H](O)[C@H]1O. The highest BCUT2D eigenvalue weighted by Crippen LogP contribution is 2.36. The predicted molar refractivity (Wildman–Crippen MR) is 123 cm³/mol. The summed E-state index contributed by atoms with van der Waals surface area (Å²) < 4.78 is 26.4. The number of aliphatic hydroxyl groups is 11. The first-order valence-electron chi connectivity index (χ1n) is 10.6. The van der Waals surface area contributed by atoms with Crippen molar-refractivity contribution in [3.63, 3.8) is 0 Å². The molecule has 40 heavy (non-hydrogen) atoms. The van der Waals surface area contributed by atoms with Crippen molar-refractivity contribution in [1.29, 1.82) is 0 Å². The smallest absolute Gasteiger partial charge is 0.224 e. The summed E-state index contributed by atoms with van der Waals surface area (Å²) >= 11 is 0. The molecule has 0 spiro atoms. The van der Waals surface area contributed by atoms with Gasteiger partial charge in [0.15, 0.2) is 12.6 Å². The van der Waals surface area contributed by atoms with Crippen LogP contribution in [-0.2, 0) is 23.7 Å². The summed E-state index contributed by atoms with van der Waals surface area (Å²) in [6, 6.07) is 0. The van der Waals surface area contributed by atoms with Crippen LogP contribution in [0.5, 0.6) is 0 Å². The lowest BCUT2D eigenvalue weighted by atomic mass is 9.98. The van der Waals surface area contributed by atoms with E-state index in [2.05, 4.69) is 0 Å². The van der Waals surface area contributed by atoms with Gasteiger partial charge in [-0.15, -0.1) is 0 Å². The Labute approximate surface area is 225 Å². The highest BCUT2D eigenvalue weighted by Gasteiger charge is 2.58. The van der Waals surface area contributed by atoms with Crippen LogP contribution < -0.4 is 0 Å². The van der Waals surface area contributed by atoms with Crippen LogP contribution in [0.2, 0.25) is 0 Å². The molecule has 0 saturated carbocycles. The second kappa shape index (κ2) is 18.6. The Balaban J connectivity index is -0.00000108. The Morgan fingerprint density at radius 2 is 0.975 bits per heavy atom. The lowest BCUT2D eigenvalue weighted by molar-refractivity contribution is -0.388. The summed E-state index contributed by atoms with van der Waals surface area (Å²) in [5.41, 5.74) is 0. The molecule has 0 aromatic heterocycles. The van der Waals surface area contributed by atoms with E-state index in [0.29, 0.717) is 0 Å². The number of hydrogen-bond acceptors (Lipinski definition) is 16. The van der Waals surface area contributed by atoms with Crippen LogP contribution in [0.15, 0.2) is 0 Å². The molecule has 3 aliphatic rings. The third-order valence-corrected chi connectivity index (χ3v) is 6.16. The summed E-state index contributed by atoms with van der Waals surface area (Å²) in [5, 5.41) is 109. The molecule has 3 rings (SSSR count). The molecule has 3 fully saturated rings. The van der Waals surface area contributed by atoms with Crippen LogP contribution in [0, 0.1) is 0 Å². The van der Waals surface area contributed by atoms with Crippen LogP contribution >= 0.6 is 0 Å². The van der Waals surface area contributed by atoms with E-state index in [1.165, 1.54) is 0 Å². The fourth-order valence-corrected chi connectivity index (χ4v) is 4.01. The second-order valence-corrected chi connectivity index (χ2v) is 8.41. The molecule has 23 N–H and O–H groups in total. The minimum absolute atomic E-state index is 0. The zero-order chi connectivity index (χ0) is 25.4. The monoisotopic (exact) mass is 612 g/mol. The van der Waals surface area contributed by atoms with Crippen molar-refractivity contribution >= 4 is 0 Å². The van der Waals surface area contributed by atoms with E-state index in [1.807, 2.05) is 0 Å². The normalized spacial score (nSPS) is 44.3. The Hall–Kier alpha value is -0.880. The molecular weight excluding hydrogens is 568 g/mol. The third kappa shape index (κ3) is 8.58. The number of rotatable bonds is 8. The van der Waals surface area contributed by atoms with Crippen molar-refractivity contribution in [3.8, 4) is 0 Å². The van der Waals surface area contributed by atoms with Crippen LogP contribution in [-0.4, -0.2) is 201 Å². The molecule has 22 nitrogen and oxygen atoms in total. The minimum atomic E-state index is -2.36. The number of ether oxygens (including phenoxy) is 5. The largest absolute Gasteiger partial charge is 0.412 e. The van der Waals surface area contributed by atoms with Crippen molar-refractivity contribution < 1.29 is 113 Å². The first kappa shape index (κ1) is 46.1. The van der Waals surface area contributed by atoms with Gasteiger partial charge >= 0.3 is 0 Å². The standard InChI is InChI=1S/C18H32O16.6H2O/c19-1-5-8(22)11(25)13(27)16(31-5)30-3-7-9(23)12(26)14(28)17(32-7)34-18(4-21)15(29)10(24)6(2-20)33-18;;;;;;/h5-17,19-29H,1-4H2;6*1H2/t5-,6-,7-,8+,9-,10-,11+,12+,13-,14-,15+,16+,17-,18+;;;;;;/m1....../s1. The molecule has 248 valence electrons. The van der Waals surface area contributed by atoms with Gasteiger partial charge in [0.2, 0.25) is 5.79 Å². The van der Waals surface area contributed by atoms with Gasteiger partial charge in [0.1, 0.15) is 73.8 Å². The summed E-state index contributed by atoms with van der Waals surface area (Å²) in [7, 11) is 0. The first-order chi connectivity index (χ1) is 16.0. The number of aliphatic hydroxyl groups excluding tert-OH is 11. The Morgan fingerprint density at radius 1 is 0.525 bits per heavy atom. The zero-order valence-corrected chi connectivity index (χ0v) is 20.8. The van der Waals surface area contributed by atoms with Gasteiger partial charge in [-0.25, -0.2) is 0 Å². The lowest BCUT2D eigenvalue weighted by Crippen LogP contribution is -2.63. The highest BCUT2D eigenvalue weighted by molar-refractivity contribution is 4.98. The van der Waals surface area contributed by atoms with E-state index in [4.69, 9.17) is 23.7 Å². The molecule has 0 amide bonds. The van der Waals surface area contributed by atoms with Crippen LogP contribution in [0.4, 0.5) is 0 Å². The molecule has 0 aromatic rings. The topological polar surface area (TPSA) is 458 Å². The van der Waals surface area contributed by atoms with Gasteiger partial charge in [-0.1, -0.05) is 0 Å². The van der Waals surface area contributed by atoms with Crippen LogP contribution in [0.3, 0.4) is 0 Å². The molecule has 22 heteroatoms. The molecule has 0 bridgehead atoms. The molecule has 0 radical (unpaired) electrons. The van der Waals surface area contributed by atoms with Gasteiger partial charge in [-0.2, -0.15) is 0 Å². The average molecular weight is 613 g/mol. The fourth-order valence-electron chi connectivity index (χ4n) is 4.01. The van der Waals surface area contributed by atoms with Crippen molar-refractivity contribution in [1.82, 2.24) is 0 Å². The zero-order valence-electron chi connectivity index (χ0n) is 20.8. The molecule has 0 unspecified atom stereocenters. The van der Waals surface area contributed by atoms with E-state index < -0.39 is 112 Å². The summed E-state index contributed by atoms with van der Waals surface area (Å²) in [6.07, 6.45) is -21.8. The number of hydrogen-bond donors (Lipinski definition) is 11. The van der Waals surface area contributed by atoms with Gasteiger partial charge in [0.05, 0.1) is 19.8 Å². The molecule has 3 heterocycles. The van der Waals surface area contributed by atoms with E-state index in [-0.39, 0.29) is 32.9 Å². The summed E-state index contributed by atoms with van der Waals surface area (Å²) in [4.78, 5) is 0. The minimum Gasteiger partial charge on any atom is -0.412 e. The van der Waals surface area contributed by atoms with E-state index >= 15 is 0 Å². The van der Waals surface area contributed by atoms with Crippen LogP contribution in [0.25, 0.3) is 0 Å². The lowest BCUT2D eigenvalue weighted by Gasteiger charge is -2.44. The summed E-state index contributed by atoms with van der Waals surface area (Å²) in [5.74, 6) is -2.36. The summed E-state index contributed by atoms with van der Waals surface area (Å²) in [6.45, 7) is -3.14. The molecular formula is C18H44O22. The van der Waals surface area contributed by atoms with E-state index in [1.54, 1.807) is 0 Å². The van der Waals surface area contributed by atoms with Crippen molar-refractivity contribution in [2.75, 3.05) is 26.4 Å². The Bertz CT molecular complexity index is 659. The Kier molecular flexibility index (Phi) is 21.4.